The van der Waals surface area contributed by atoms with Gasteiger partial charge in [-0.1, -0.05) is 12.1 Å². The van der Waals surface area contributed by atoms with Gasteiger partial charge in [-0.05, 0) is 32.0 Å². The first kappa shape index (κ1) is 14.3. The maximum Gasteiger partial charge on any atom is 0.126 e. The van der Waals surface area contributed by atoms with Crippen molar-refractivity contribution in [2.24, 2.45) is 0 Å². The van der Waals surface area contributed by atoms with Gasteiger partial charge in [0.1, 0.15) is 17.1 Å². The van der Waals surface area contributed by atoms with Gasteiger partial charge in [0, 0.05) is 29.9 Å². The van der Waals surface area contributed by atoms with E-state index < -0.39 is 5.60 Å². The van der Waals surface area contributed by atoms with E-state index in [9.17, 15) is 10.2 Å². The predicted molar refractivity (Wildman–Crippen MR) is 76.9 cm³/mol. The number of hydrogen-bond donors (Lipinski definition) is 2. The molecule has 1 heterocycles. The predicted octanol–water partition coefficient (Wildman–Crippen LogP) is 2.53. The molecule has 0 saturated carbocycles. The van der Waals surface area contributed by atoms with E-state index in [2.05, 4.69) is 4.98 Å². The Balaban J connectivity index is 2.14. The van der Waals surface area contributed by atoms with Crippen LogP contribution in [0.5, 0.6) is 11.5 Å². The minimum absolute atomic E-state index is 0.0938. The molecule has 2 N–H and O–H groups in total. The number of ether oxygens (including phenoxy) is 1. The molecule has 2 rings (SSSR count). The fraction of sp³-hybridized carbons (Fsp3) is 0.312. The second-order valence-corrected chi connectivity index (χ2v) is 5.31. The number of pyridine rings is 1. The highest BCUT2D eigenvalue weighted by atomic mass is 16.5. The summed E-state index contributed by atoms with van der Waals surface area (Å²) in [6.07, 6.45) is 2.30. The van der Waals surface area contributed by atoms with Gasteiger partial charge in [0.2, 0.25) is 0 Å². The van der Waals surface area contributed by atoms with Gasteiger partial charge in [0.05, 0.1) is 6.61 Å². The lowest BCUT2D eigenvalue weighted by atomic mass is 10.1. The van der Waals surface area contributed by atoms with Crippen molar-refractivity contribution in [3.05, 3.63) is 53.9 Å². The van der Waals surface area contributed by atoms with Gasteiger partial charge >= 0.3 is 0 Å². The van der Waals surface area contributed by atoms with Crippen molar-refractivity contribution in [1.29, 1.82) is 0 Å². The van der Waals surface area contributed by atoms with Gasteiger partial charge in [-0.2, -0.15) is 0 Å². The summed E-state index contributed by atoms with van der Waals surface area (Å²) in [5.74, 6) is 0.702. The van der Waals surface area contributed by atoms with Crippen LogP contribution in [-0.4, -0.2) is 27.4 Å². The highest BCUT2D eigenvalue weighted by molar-refractivity contribution is 5.41. The topological polar surface area (TPSA) is 62.6 Å². The first-order chi connectivity index (χ1) is 9.50. The summed E-state index contributed by atoms with van der Waals surface area (Å²) < 4.78 is 5.61. The normalized spacial score (nSPS) is 11.3. The molecule has 4 nitrogen and oxygen atoms in total. The van der Waals surface area contributed by atoms with Crippen molar-refractivity contribution in [2.75, 3.05) is 6.61 Å². The third-order valence-electron chi connectivity index (χ3n) is 2.93. The van der Waals surface area contributed by atoms with Crippen LogP contribution in [0.1, 0.15) is 25.1 Å². The van der Waals surface area contributed by atoms with Crippen molar-refractivity contribution in [1.82, 2.24) is 4.98 Å². The van der Waals surface area contributed by atoms with Crippen molar-refractivity contribution in [3.8, 4) is 11.5 Å². The summed E-state index contributed by atoms with van der Waals surface area (Å²) in [5.41, 5.74) is 1.01. The van der Waals surface area contributed by atoms with Crippen molar-refractivity contribution in [2.45, 2.75) is 25.9 Å². The van der Waals surface area contributed by atoms with E-state index in [1.807, 2.05) is 24.3 Å². The van der Waals surface area contributed by atoms with Crippen LogP contribution in [-0.2, 0) is 6.42 Å². The maximum atomic E-state index is 10.1. The van der Waals surface area contributed by atoms with Crippen LogP contribution in [0.3, 0.4) is 0 Å². The summed E-state index contributed by atoms with van der Waals surface area (Å²) in [6.45, 7) is 3.47. The minimum atomic E-state index is -0.672. The largest absolute Gasteiger partial charge is 0.508 e. The van der Waals surface area contributed by atoms with Gasteiger partial charge in [0.15, 0.2) is 0 Å². The highest BCUT2D eigenvalue weighted by Gasteiger charge is 2.18. The molecule has 0 spiro atoms. The number of nitrogens with zero attached hydrogens (tertiary/aromatic N) is 1. The molecule has 4 heteroatoms. The number of aromatic hydroxyl groups is 1. The average Bonchev–Trinajstić information content (AvgIpc) is 2.43. The summed E-state index contributed by atoms with van der Waals surface area (Å²) in [7, 11) is 0. The number of aliphatic hydroxyl groups is 1. The summed E-state index contributed by atoms with van der Waals surface area (Å²) in [6, 6.07) is 10.9. The Bertz CT molecular complexity index is 567. The van der Waals surface area contributed by atoms with E-state index >= 15 is 0 Å². The summed E-state index contributed by atoms with van der Waals surface area (Å²) in [4.78, 5) is 4.23. The van der Waals surface area contributed by atoms with E-state index in [1.54, 1.807) is 32.2 Å². The van der Waals surface area contributed by atoms with E-state index in [0.717, 1.165) is 11.3 Å². The Labute approximate surface area is 118 Å². The Kier molecular flexibility index (Phi) is 4.25. The molecule has 0 fully saturated rings. The molecule has 106 valence electrons. The molecule has 2 aromatic rings. The lowest BCUT2D eigenvalue weighted by Gasteiger charge is -2.24. The van der Waals surface area contributed by atoms with E-state index in [0.29, 0.717) is 12.2 Å². The number of aromatic nitrogens is 1. The standard InChI is InChI=1S/C16H19NO3/c1-16(2,11-18)20-14-7-6-12(15(19)10-14)9-13-5-3-4-8-17-13/h3-8,10,18-19H,9,11H2,1-2H3. The van der Waals surface area contributed by atoms with Crippen LogP contribution in [0.25, 0.3) is 0 Å². The Morgan fingerprint density at radius 1 is 1.20 bits per heavy atom. The molecule has 1 aromatic heterocycles. The molecule has 0 amide bonds. The zero-order valence-electron chi connectivity index (χ0n) is 11.7. The third kappa shape index (κ3) is 3.71. The second kappa shape index (κ2) is 5.92. The van der Waals surface area contributed by atoms with Crippen LogP contribution in [0.15, 0.2) is 42.6 Å². The smallest absolute Gasteiger partial charge is 0.126 e. The van der Waals surface area contributed by atoms with Gasteiger partial charge < -0.3 is 14.9 Å². The molecule has 0 aliphatic carbocycles. The van der Waals surface area contributed by atoms with Gasteiger partial charge in [-0.15, -0.1) is 0 Å². The zero-order valence-corrected chi connectivity index (χ0v) is 11.7. The minimum Gasteiger partial charge on any atom is -0.508 e. The number of benzene rings is 1. The first-order valence-corrected chi connectivity index (χ1v) is 6.52. The molecule has 20 heavy (non-hydrogen) atoms. The van der Waals surface area contributed by atoms with Crippen LogP contribution < -0.4 is 4.74 Å². The Morgan fingerprint density at radius 2 is 2.00 bits per heavy atom. The van der Waals surface area contributed by atoms with Crippen LogP contribution in [0.4, 0.5) is 0 Å². The van der Waals surface area contributed by atoms with Crippen LogP contribution in [0, 0.1) is 0 Å². The van der Waals surface area contributed by atoms with Crippen molar-refractivity contribution < 1.29 is 14.9 Å². The lowest BCUT2D eigenvalue weighted by Crippen LogP contribution is -2.32. The molecular weight excluding hydrogens is 254 g/mol. The summed E-state index contributed by atoms with van der Waals surface area (Å²) >= 11 is 0. The third-order valence-corrected chi connectivity index (χ3v) is 2.93. The maximum absolute atomic E-state index is 10.1. The zero-order chi connectivity index (χ0) is 14.6. The van der Waals surface area contributed by atoms with E-state index in [4.69, 9.17) is 4.74 Å². The van der Waals surface area contributed by atoms with Gasteiger partial charge in [-0.3, -0.25) is 4.98 Å². The van der Waals surface area contributed by atoms with E-state index in [1.165, 1.54) is 0 Å². The fourth-order valence-electron chi connectivity index (χ4n) is 1.81. The van der Waals surface area contributed by atoms with Crippen molar-refractivity contribution in [3.63, 3.8) is 0 Å². The Morgan fingerprint density at radius 3 is 2.60 bits per heavy atom. The quantitative estimate of drug-likeness (QED) is 0.878. The molecule has 0 aliphatic heterocycles. The van der Waals surface area contributed by atoms with Crippen LogP contribution in [0.2, 0.25) is 0 Å². The fourth-order valence-corrected chi connectivity index (χ4v) is 1.81. The van der Waals surface area contributed by atoms with E-state index in [-0.39, 0.29) is 12.4 Å². The second-order valence-electron chi connectivity index (χ2n) is 5.31. The molecular formula is C16H19NO3. The molecule has 1 aromatic carbocycles. The highest BCUT2D eigenvalue weighted by Crippen LogP contribution is 2.27. The number of hydrogen-bond acceptors (Lipinski definition) is 4. The number of rotatable bonds is 5. The summed E-state index contributed by atoms with van der Waals surface area (Å²) in [5, 5.41) is 19.2. The number of phenolic OH excluding ortho intramolecular Hbond substituents is 1. The average molecular weight is 273 g/mol. The molecule has 0 atom stereocenters. The van der Waals surface area contributed by atoms with Gasteiger partial charge in [-0.25, -0.2) is 0 Å². The SMILES string of the molecule is CC(C)(CO)Oc1ccc(Cc2ccccn2)c(O)c1. The molecule has 0 unspecified atom stereocenters. The monoisotopic (exact) mass is 273 g/mol. The molecule has 0 aliphatic rings. The first-order valence-electron chi connectivity index (χ1n) is 6.52. The molecule has 0 saturated heterocycles. The molecule has 0 bridgehead atoms. The number of phenols is 1. The Hall–Kier alpha value is -2.07. The van der Waals surface area contributed by atoms with Crippen molar-refractivity contribution >= 4 is 0 Å². The lowest BCUT2D eigenvalue weighted by molar-refractivity contribution is 0.0411. The number of aliphatic hydroxyl groups excluding tert-OH is 1. The van der Waals surface area contributed by atoms with Crippen LogP contribution >= 0.6 is 0 Å². The van der Waals surface area contributed by atoms with Gasteiger partial charge in [0.25, 0.3) is 0 Å². The molecule has 0 radical (unpaired) electrons.